The Labute approximate surface area is 186 Å². The maximum atomic E-state index is 13.0. The monoisotopic (exact) mass is 446 g/mol. The van der Waals surface area contributed by atoms with E-state index in [1.165, 1.54) is 12.1 Å². The summed E-state index contributed by atoms with van der Waals surface area (Å²) in [5.74, 6) is -0.0215. The minimum Gasteiger partial charge on any atom is -0.389 e. The molecule has 0 bridgehead atoms. The van der Waals surface area contributed by atoms with Gasteiger partial charge in [-0.15, -0.1) is 0 Å². The molecule has 2 heterocycles. The zero-order chi connectivity index (χ0) is 22.8. The number of aromatic nitrogens is 1. The number of benzene rings is 1. The first kappa shape index (κ1) is 22.8. The minimum atomic E-state index is -4.36. The van der Waals surface area contributed by atoms with E-state index in [0.717, 1.165) is 49.4 Å². The number of carbonyl (C=O) groups is 1. The molecular formula is C25H29F3N2O2. The van der Waals surface area contributed by atoms with Gasteiger partial charge in [0, 0.05) is 12.7 Å². The van der Waals surface area contributed by atoms with E-state index in [0.29, 0.717) is 31.4 Å². The van der Waals surface area contributed by atoms with Gasteiger partial charge < -0.3 is 10.0 Å². The standard InChI is InChI=1S/C25H29F3N2O2/c26-25(27,28)20-7-4-6-18(15-20)14-19-9-10-21(29-17-19)22-8-5-13-30(22)23(31)16-24(32)11-2-1-3-12-24/h4,6-7,9-10,15,17,22,32H,1-3,5,8,11-14,16H2/t22-/m0/s1. The van der Waals surface area contributed by atoms with Crippen molar-refractivity contribution in [2.75, 3.05) is 6.54 Å². The second-order valence-corrected chi connectivity index (χ2v) is 9.17. The Balaban J connectivity index is 1.42. The predicted molar refractivity (Wildman–Crippen MR) is 115 cm³/mol. The van der Waals surface area contributed by atoms with Crippen LogP contribution in [-0.2, 0) is 17.4 Å². The maximum absolute atomic E-state index is 13.0. The second kappa shape index (κ2) is 9.22. The highest BCUT2D eigenvalue weighted by Gasteiger charge is 2.37. The summed E-state index contributed by atoms with van der Waals surface area (Å²) in [6.07, 6.45) is 3.96. The van der Waals surface area contributed by atoms with Crippen molar-refractivity contribution in [3.05, 3.63) is 65.0 Å². The number of aliphatic hydroxyl groups is 1. The number of hydrogen-bond donors (Lipinski definition) is 1. The Kier molecular flexibility index (Phi) is 6.56. The number of likely N-dealkylation sites (tertiary alicyclic amines) is 1. The van der Waals surface area contributed by atoms with Crippen LogP contribution in [0, 0.1) is 0 Å². The molecule has 1 amide bonds. The van der Waals surface area contributed by atoms with E-state index in [1.54, 1.807) is 12.3 Å². The van der Waals surface area contributed by atoms with E-state index in [4.69, 9.17) is 0 Å². The quantitative estimate of drug-likeness (QED) is 0.665. The van der Waals surface area contributed by atoms with Gasteiger partial charge in [-0.05, 0) is 55.4 Å². The number of nitrogens with zero attached hydrogens (tertiary/aromatic N) is 2. The van der Waals surface area contributed by atoms with E-state index < -0.39 is 17.3 Å². The summed E-state index contributed by atoms with van der Waals surface area (Å²) in [4.78, 5) is 19.4. The Morgan fingerprint density at radius 2 is 1.88 bits per heavy atom. The van der Waals surface area contributed by atoms with Crippen LogP contribution in [0.15, 0.2) is 42.6 Å². The Morgan fingerprint density at radius 3 is 2.56 bits per heavy atom. The largest absolute Gasteiger partial charge is 0.416 e. The van der Waals surface area contributed by atoms with Crippen LogP contribution < -0.4 is 0 Å². The lowest BCUT2D eigenvalue weighted by atomic mass is 9.82. The lowest BCUT2D eigenvalue weighted by molar-refractivity contribution is -0.139. The van der Waals surface area contributed by atoms with E-state index in [-0.39, 0.29) is 18.4 Å². The lowest BCUT2D eigenvalue weighted by Crippen LogP contribution is -2.40. The van der Waals surface area contributed by atoms with Crippen molar-refractivity contribution < 1.29 is 23.1 Å². The molecule has 0 unspecified atom stereocenters. The number of carbonyl (C=O) groups excluding carboxylic acids is 1. The van der Waals surface area contributed by atoms with Crippen LogP contribution in [0.4, 0.5) is 13.2 Å². The third kappa shape index (κ3) is 5.31. The van der Waals surface area contributed by atoms with Gasteiger partial charge in [0.15, 0.2) is 0 Å². The first-order valence-corrected chi connectivity index (χ1v) is 11.4. The first-order chi connectivity index (χ1) is 15.2. The van der Waals surface area contributed by atoms with Crippen molar-refractivity contribution in [3.8, 4) is 0 Å². The molecule has 1 atom stereocenters. The lowest BCUT2D eigenvalue weighted by Gasteiger charge is -2.34. The van der Waals surface area contributed by atoms with Crippen LogP contribution in [0.2, 0.25) is 0 Å². The molecule has 0 radical (unpaired) electrons. The molecule has 1 aromatic heterocycles. The Bertz CT molecular complexity index is 937. The number of alkyl halides is 3. The number of amides is 1. The zero-order valence-corrected chi connectivity index (χ0v) is 18.1. The van der Waals surface area contributed by atoms with Crippen molar-refractivity contribution in [1.82, 2.24) is 9.88 Å². The molecular weight excluding hydrogens is 417 g/mol. The van der Waals surface area contributed by atoms with Gasteiger partial charge in [-0.2, -0.15) is 13.2 Å². The molecule has 1 saturated carbocycles. The van der Waals surface area contributed by atoms with Gasteiger partial charge >= 0.3 is 6.18 Å². The van der Waals surface area contributed by atoms with Crippen LogP contribution in [0.25, 0.3) is 0 Å². The van der Waals surface area contributed by atoms with Crippen LogP contribution in [0.5, 0.6) is 0 Å². The van der Waals surface area contributed by atoms with E-state index in [1.807, 2.05) is 17.0 Å². The smallest absolute Gasteiger partial charge is 0.389 e. The number of halogens is 3. The highest BCUT2D eigenvalue weighted by molar-refractivity contribution is 5.78. The molecule has 1 aliphatic carbocycles. The number of pyridine rings is 1. The number of rotatable bonds is 5. The highest BCUT2D eigenvalue weighted by Crippen LogP contribution is 2.36. The summed E-state index contributed by atoms with van der Waals surface area (Å²) in [6.45, 7) is 0.660. The Morgan fingerprint density at radius 1 is 1.09 bits per heavy atom. The fourth-order valence-corrected chi connectivity index (χ4v) is 4.97. The molecule has 1 aromatic carbocycles. The minimum absolute atomic E-state index is 0.0215. The van der Waals surface area contributed by atoms with Crippen molar-refractivity contribution in [2.45, 2.75) is 75.6 Å². The summed E-state index contributed by atoms with van der Waals surface area (Å²) in [5.41, 5.74) is 0.650. The Hall–Kier alpha value is -2.41. The molecule has 0 spiro atoms. The fourth-order valence-electron chi connectivity index (χ4n) is 4.97. The topological polar surface area (TPSA) is 53.4 Å². The maximum Gasteiger partial charge on any atom is 0.416 e. The third-order valence-electron chi connectivity index (χ3n) is 6.69. The second-order valence-electron chi connectivity index (χ2n) is 9.17. The molecule has 1 saturated heterocycles. The van der Waals surface area contributed by atoms with Crippen LogP contribution in [-0.4, -0.2) is 33.0 Å². The molecule has 2 aliphatic rings. The third-order valence-corrected chi connectivity index (χ3v) is 6.69. The van der Waals surface area contributed by atoms with Gasteiger partial charge in [-0.3, -0.25) is 9.78 Å². The van der Waals surface area contributed by atoms with Crippen molar-refractivity contribution in [2.24, 2.45) is 0 Å². The molecule has 7 heteroatoms. The van der Waals surface area contributed by atoms with Crippen molar-refractivity contribution in [3.63, 3.8) is 0 Å². The summed E-state index contributed by atoms with van der Waals surface area (Å²) < 4.78 is 38.8. The summed E-state index contributed by atoms with van der Waals surface area (Å²) in [5, 5.41) is 10.8. The summed E-state index contributed by atoms with van der Waals surface area (Å²) >= 11 is 0. The first-order valence-electron chi connectivity index (χ1n) is 11.4. The molecule has 32 heavy (non-hydrogen) atoms. The molecule has 4 nitrogen and oxygen atoms in total. The van der Waals surface area contributed by atoms with E-state index >= 15 is 0 Å². The molecule has 2 fully saturated rings. The van der Waals surface area contributed by atoms with E-state index in [2.05, 4.69) is 4.98 Å². The van der Waals surface area contributed by atoms with Crippen LogP contribution in [0.3, 0.4) is 0 Å². The van der Waals surface area contributed by atoms with Gasteiger partial charge in [0.05, 0.1) is 29.3 Å². The van der Waals surface area contributed by atoms with Gasteiger partial charge in [0.1, 0.15) is 0 Å². The van der Waals surface area contributed by atoms with E-state index in [9.17, 15) is 23.1 Å². The van der Waals surface area contributed by atoms with Crippen LogP contribution >= 0.6 is 0 Å². The molecule has 2 aromatic rings. The van der Waals surface area contributed by atoms with Crippen LogP contribution in [0.1, 0.15) is 79.8 Å². The average Bonchev–Trinajstić information content (AvgIpc) is 3.24. The summed E-state index contributed by atoms with van der Waals surface area (Å²) in [6, 6.07) is 8.96. The predicted octanol–water partition coefficient (Wildman–Crippen LogP) is 5.44. The molecule has 4 rings (SSSR count). The average molecular weight is 447 g/mol. The normalized spacial score (nSPS) is 21.0. The van der Waals surface area contributed by atoms with Crippen molar-refractivity contribution >= 4 is 5.91 Å². The summed E-state index contributed by atoms with van der Waals surface area (Å²) in [7, 11) is 0. The van der Waals surface area contributed by atoms with Gasteiger partial charge in [0.25, 0.3) is 0 Å². The zero-order valence-electron chi connectivity index (χ0n) is 18.1. The fraction of sp³-hybridized carbons (Fsp3) is 0.520. The van der Waals surface area contributed by atoms with Gasteiger partial charge in [-0.25, -0.2) is 0 Å². The van der Waals surface area contributed by atoms with Crippen molar-refractivity contribution in [1.29, 1.82) is 0 Å². The SMILES string of the molecule is O=C(CC1(O)CCCCC1)N1CCC[C@H]1c1ccc(Cc2cccc(C(F)(F)F)c2)cn1. The van der Waals surface area contributed by atoms with Gasteiger partial charge in [0.2, 0.25) is 5.91 Å². The molecule has 1 aliphatic heterocycles. The highest BCUT2D eigenvalue weighted by atomic mass is 19.4. The molecule has 1 N–H and O–H groups in total. The van der Waals surface area contributed by atoms with Gasteiger partial charge in [-0.1, -0.05) is 43.5 Å². The molecule has 172 valence electrons. The number of hydrogen-bond acceptors (Lipinski definition) is 3.